The largest absolute Gasteiger partial charge is 0.399 e. The Morgan fingerprint density at radius 1 is 1.00 bits per heavy atom. The van der Waals surface area contributed by atoms with Crippen molar-refractivity contribution in [3.63, 3.8) is 0 Å². The molecule has 2 heteroatoms. The van der Waals surface area contributed by atoms with Gasteiger partial charge in [0.1, 0.15) is 0 Å². The minimum atomic E-state index is -0.0406. The van der Waals surface area contributed by atoms with E-state index in [1.807, 2.05) is 30.3 Å². The van der Waals surface area contributed by atoms with Gasteiger partial charge in [0, 0.05) is 11.3 Å². The highest BCUT2D eigenvalue weighted by Crippen LogP contribution is 2.09. The number of nitrogen functional groups attached to an aromatic ring is 1. The lowest BCUT2D eigenvalue weighted by Crippen LogP contribution is -1.95. The van der Waals surface area contributed by atoms with Gasteiger partial charge in [0.2, 0.25) is 0 Å². The third-order valence-corrected chi connectivity index (χ3v) is 2.40. The van der Waals surface area contributed by atoms with Gasteiger partial charge in [-0.25, -0.2) is 0 Å². The molecule has 0 heterocycles. The Morgan fingerprint density at radius 2 is 1.76 bits per heavy atom. The lowest BCUT2D eigenvalue weighted by molar-refractivity contribution is 0.104. The number of hydrogen-bond donors (Lipinski definition) is 1. The number of carbonyl (C=O) groups is 1. The van der Waals surface area contributed by atoms with Crippen molar-refractivity contribution in [3.8, 4) is 0 Å². The molecule has 0 saturated carbocycles. The van der Waals surface area contributed by atoms with Crippen LogP contribution in [0.4, 0.5) is 5.69 Å². The summed E-state index contributed by atoms with van der Waals surface area (Å²) in [7, 11) is 0. The van der Waals surface area contributed by atoms with Crippen LogP contribution in [0.1, 0.15) is 15.9 Å². The summed E-state index contributed by atoms with van der Waals surface area (Å²) in [6.45, 7) is 0. The molecule has 0 amide bonds. The van der Waals surface area contributed by atoms with Crippen LogP contribution in [0.25, 0.3) is 6.08 Å². The highest BCUT2D eigenvalue weighted by atomic mass is 16.1. The summed E-state index contributed by atoms with van der Waals surface area (Å²) in [6.07, 6.45) is 3.36. The fourth-order valence-corrected chi connectivity index (χ4v) is 1.52. The first-order chi connectivity index (χ1) is 8.25. The first kappa shape index (κ1) is 11.1. The Kier molecular flexibility index (Phi) is 3.36. The van der Waals surface area contributed by atoms with Crippen LogP contribution >= 0.6 is 0 Å². The van der Waals surface area contributed by atoms with Crippen LogP contribution in [0.5, 0.6) is 0 Å². The first-order valence-corrected chi connectivity index (χ1v) is 5.39. The minimum absolute atomic E-state index is 0.0406. The van der Waals surface area contributed by atoms with Crippen LogP contribution in [-0.2, 0) is 0 Å². The predicted molar refractivity (Wildman–Crippen MR) is 70.7 cm³/mol. The van der Waals surface area contributed by atoms with Gasteiger partial charge in [-0.3, -0.25) is 4.79 Å². The fourth-order valence-electron chi connectivity index (χ4n) is 1.52. The molecule has 0 spiro atoms. The molecule has 17 heavy (non-hydrogen) atoms. The van der Waals surface area contributed by atoms with Crippen molar-refractivity contribution >= 4 is 17.5 Å². The molecule has 0 bridgehead atoms. The van der Waals surface area contributed by atoms with Gasteiger partial charge < -0.3 is 5.73 Å². The highest BCUT2D eigenvalue weighted by Gasteiger charge is 2.00. The van der Waals surface area contributed by atoms with Gasteiger partial charge in [0.15, 0.2) is 5.78 Å². The summed E-state index contributed by atoms with van der Waals surface area (Å²) in [6, 6.07) is 16.7. The Morgan fingerprint density at radius 3 is 2.47 bits per heavy atom. The van der Waals surface area contributed by atoms with Crippen molar-refractivity contribution in [1.29, 1.82) is 0 Å². The Hall–Kier alpha value is -2.35. The molecule has 2 aromatic rings. The fraction of sp³-hybridized carbons (Fsp3) is 0. The predicted octanol–water partition coefficient (Wildman–Crippen LogP) is 3.16. The number of allylic oxidation sites excluding steroid dienone is 1. The molecule has 0 aliphatic carbocycles. The molecular weight excluding hydrogens is 210 g/mol. The van der Waals surface area contributed by atoms with Crippen LogP contribution in [-0.4, -0.2) is 5.78 Å². The summed E-state index contributed by atoms with van der Waals surface area (Å²) >= 11 is 0. The summed E-state index contributed by atoms with van der Waals surface area (Å²) in [5, 5.41) is 0. The average molecular weight is 223 g/mol. The standard InChI is InChI=1S/C15H13NO/c16-14-8-4-7-13(11-14)15(17)10-9-12-5-2-1-3-6-12/h1-11H,16H2/b10-9+. The molecule has 84 valence electrons. The average Bonchev–Trinajstić information content (AvgIpc) is 2.37. The topological polar surface area (TPSA) is 43.1 Å². The zero-order valence-corrected chi connectivity index (χ0v) is 9.34. The molecule has 0 unspecified atom stereocenters. The number of rotatable bonds is 3. The van der Waals surface area contributed by atoms with Gasteiger partial charge in [-0.1, -0.05) is 48.5 Å². The van der Waals surface area contributed by atoms with Crippen molar-refractivity contribution in [3.05, 3.63) is 71.8 Å². The first-order valence-electron chi connectivity index (χ1n) is 5.39. The summed E-state index contributed by atoms with van der Waals surface area (Å²) in [4.78, 5) is 11.8. The summed E-state index contributed by atoms with van der Waals surface area (Å²) in [5.41, 5.74) is 7.84. The Labute approximate surface area is 100 Å². The molecule has 0 aliphatic rings. The van der Waals surface area contributed by atoms with E-state index in [0.29, 0.717) is 11.3 Å². The SMILES string of the molecule is Nc1cccc(C(=O)/C=C/c2ccccc2)c1. The van der Waals surface area contributed by atoms with Crippen LogP contribution in [0, 0.1) is 0 Å². The third-order valence-electron chi connectivity index (χ3n) is 2.40. The molecule has 2 aromatic carbocycles. The molecule has 0 aromatic heterocycles. The molecule has 0 radical (unpaired) electrons. The van der Waals surface area contributed by atoms with E-state index in [1.54, 1.807) is 36.4 Å². The van der Waals surface area contributed by atoms with E-state index in [-0.39, 0.29) is 5.78 Å². The van der Waals surface area contributed by atoms with Crippen molar-refractivity contribution in [2.24, 2.45) is 0 Å². The quantitative estimate of drug-likeness (QED) is 0.493. The van der Waals surface area contributed by atoms with E-state index < -0.39 is 0 Å². The molecule has 2 N–H and O–H groups in total. The van der Waals surface area contributed by atoms with E-state index in [2.05, 4.69) is 0 Å². The van der Waals surface area contributed by atoms with E-state index >= 15 is 0 Å². The number of nitrogens with two attached hydrogens (primary N) is 1. The second-order valence-electron chi connectivity index (χ2n) is 3.73. The molecule has 0 saturated heterocycles. The number of hydrogen-bond acceptors (Lipinski definition) is 2. The van der Waals surface area contributed by atoms with Gasteiger partial charge in [-0.05, 0) is 23.8 Å². The van der Waals surface area contributed by atoms with E-state index in [1.165, 1.54) is 0 Å². The number of anilines is 1. The monoisotopic (exact) mass is 223 g/mol. The highest BCUT2D eigenvalue weighted by molar-refractivity contribution is 6.07. The van der Waals surface area contributed by atoms with Crippen molar-refractivity contribution < 1.29 is 4.79 Å². The van der Waals surface area contributed by atoms with Gasteiger partial charge in [-0.15, -0.1) is 0 Å². The van der Waals surface area contributed by atoms with E-state index in [4.69, 9.17) is 5.73 Å². The zero-order chi connectivity index (χ0) is 12.1. The van der Waals surface area contributed by atoms with Crippen LogP contribution in [0.2, 0.25) is 0 Å². The second-order valence-corrected chi connectivity index (χ2v) is 3.73. The van der Waals surface area contributed by atoms with Crippen molar-refractivity contribution in [2.75, 3.05) is 5.73 Å². The Balaban J connectivity index is 2.15. The number of carbonyl (C=O) groups excluding carboxylic acids is 1. The lowest BCUT2D eigenvalue weighted by atomic mass is 10.1. The smallest absolute Gasteiger partial charge is 0.185 e. The lowest BCUT2D eigenvalue weighted by Gasteiger charge is -1.97. The molecule has 2 rings (SSSR count). The summed E-state index contributed by atoms with van der Waals surface area (Å²) < 4.78 is 0. The van der Waals surface area contributed by atoms with Gasteiger partial charge in [0.25, 0.3) is 0 Å². The molecule has 0 aliphatic heterocycles. The maximum absolute atomic E-state index is 11.8. The molecular formula is C15H13NO. The molecule has 0 fully saturated rings. The van der Waals surface area contributed by atoms with Gasteiger partial charge in [-0.2, -0.15) is 0 Å². The van der Waals surface area contributed by atoms with Crippen LogP contribution in [0.15, 0.2) is 60.7 Å². The van der Waals surface area contributed by atoms with Crippen molar-refractivity contribution in [2.45, 2.75) is 0 Å². The van der Waals surface area contributed by atoms with Crippen LogP contribution in [0.3, 0.4) is 0 Å². The third kappa shape index (κ3) is 3.05. The Bertz CT molecular complexity index is 544. The van der Waals surface area contributed by atoms with E-state index in [9.17, 15) is 4.79 Å². The molecule has 2 nitrogen and oxygen atoms in total. The van der Waals surface area contributed by atoms with E-state index in [0.717, 1.165) is 5.56 Å². The molecule has 0 atom stereocenters. The second kappa shape index (κ2) is 5.12. The zero-order valence-electron chi connectivity index (χ0n) is 9.34. The van der Waals surface area contributed by atoms with Crippen molar-refractivity contribution in [1.82, 2.24) is 0 Å². The normalized spacial score (nSPS) is 10.6. The minimum Gasteiger partial charge on any atom is -0.399 e. The van der Waals surface area contributed by atoms with Gasteiger partial charge >= 0.3 is 0 Å². The van der Waals surface area contributed by atoms with Gasteiger partial charge in [0.05, 0.1) is 0 Å². The number of benzene rings is 2. The number of ketones is 1. The van der Waals surface area contributed by atoms with Crippen LogP contribution < -0.4 is 5.73 Å². The summed E-state index contributed by atoms with van der Waals surface area (Å²) in [5.74, 6) is -0.0406. The maximum atomic E-state index is 11.8. The maximum Gasteiger partial charge on any atom is 0.185 e.